The van der Waals surface area contributed by atoms with E-state index in [9.17, 15) is 8.78 Å². The summed E-state index contributed by atoms with van der Waals surface area (Å²) in [6.45, 7) is 0.362. The molecule has 2 N–H and O–H groups in total. The molecule has 0 bridgehead atoms. The SMILES string of the molecule is NCc1cc(COc2ccc(Br)c(F)c2)ccc1F. The molecular weight excluding hydrogens is 316 g/mol. The number of hydrogen-bond donors (Lipinski definition) is 1. The molecule has 2 rings (SSSR count). The summed E-state index contributed by atoms with van der Waals surface area (Å²) in [7, 11) is 0. The minimum absolute atomic E-state index is 0.132. The Morgan fingerprint density at radius 3 is 2.53 bits per heavy atom. The van der Waals surface area contributed by atoms with Crippen molar-refractivity contribution in [3.8, 4) is 5.75 Å². The molecule has 0 saturated carbocycles. The quantitative estimate of drug-likeness (QED) is 0.927. The van der Waals surface area contributed by atoms with Gasteiger partial charge in [0.2, 0.25) is 0 Å². The maximum atomic E-state index is 13.3. The van der Waals surface area contributed by atoms with E-state index in [4.69, 9.17) is 10.5 Å². The highest BCUT2D eigenvalue weighted by Gasteiger charge is 2.04. The number of rotatable bonds is 4. The minimum Gasteiger partial charge on any atom is -0.489 e. The van der Waals surface area contributed by atoms with Crippen LogP contribution in [0.3, 0.4) is 0 Å². The van der Waals surface area contributed by atoms with Crippen LogP contribution in [0.2, 0.25) is 0 Å². The van der Waals surface area contributed by atoms with Crippen molar-refractivity contribution in [1.29, 1.82) is 0 Å². The first kappa shape index (κ1) is 14.0. The Bertz CT molecular complexity index is 590. The molecule has 0 aliphatic carbocycles. The zero-order valence-electron chi connectivity index (χ0n) is 10.00. The first-order valence-electron chi connectivity index (χ1n) is 5.65. The Hall–Kier alpha value is -1.46. The zero-order chi connectivity index (χ0) is 13.8. The van der Waals surface area contributed by atoms with E-state index < -0.39 is 0 Å². The van der Waals surface area contributed by atoms with Gasteiger partial charge >= 0.3 is 0 Å². The second-order valence-corrected chi connectivity index (χ2v) is 4.85. The van der Waals surface area contributed by atoms with Crippen LogP contribution in [0.15, 0.2) is 40.9 Å². The third-order valence-electron chi connectivity index (χ3n) is 2.63. The molecule has 0 unspecified atom stereocenters. The van der Waals surface area contributed by atoms with Crippen LogP contribution in [0.1, 0.15) is 11.1 Å². The summed E-state index contributed by atoms with van der Waals surface area (Å²) >= 11 is 3.07. The molecule has 0 aromatic heterocycles. The highest BCUT2D eigenvalue weighted by molar-refractivity contribution is 9.10. The normalized spacial score (nSPS) is 10.5. The molecule has 0 aliphatic rings. The van der Waals surface area contributed by atoms with E-state index >= 15 is 0 Å². The summed E-state index contributed by atoms with van der Waals surface area (Å²) in [5.41, 5.74) is 6.64. The number of nitrogens with two attached hydrogens (primary N) is 1. The van der Waals surface area contributed by atoms with Gasteiger partial charge in [-0.3, -0.25) is 0 Å². The topological polar surface area (TPSA) is 35.2 Å². The van der Waals surface area contributed by atoms with Gasteiger partial charge in [-0.05, 0) is 45.8 Å². The van der Waals surface area contributed by atoms with Gasteiger partial charge in [0.15, 0.2) is 0 Å². The largest absolute Gasteiger partial charge is 0.489 e. The van der Waals surface area contributed by atoms with Crippen LogP contribution in [0, 0.1) is 11.6 Å². The van der Waals surface area contributed by atoms with Crippen molar-refractivity contribution < 1.29 is 13.5 Å². The summed E-state index contributed by atoms with van der Waals surface area (Å²) in [5.74, 6) is -0.306. The summed E-state index contributed by atoms with van der Waals surface area (Å²) in [5, 5.41) is 0. The third-order valence-corrected chi connectivity index (χ3v) is 3.27. The van der Waals surface area contributed by atoms with Gasteiger partial charge in [0.1, 0.15) is 24.0 Å². The molecule has 2 aromatic rings. The first-order valence-corrected chi connectivity index (χ1v) is 6.44. The van der Waals surface area contributed by atoms with Crippen LogP contribution in [-0.2, 0) is 13.2 Å². The minimum atomic E-state index is -0.390. The lowest BCUT2D eigenvalue weighted by Gasteiger charge is -2.08. The van der Waals surface area contributed by atoms with Crippen molar-refractivity contribution in [2.75, 3.05) is 0 Å². The standard InChI is InChI=1S/C14H12BrF2NO/c15-12-3-2-11(6-14(12)17)19-8-9-1-4-13(16)10(5-9)7-18/h1-6H,7-8,18H2. The summed E-state index contributed by atoms with van der Waals surface area (Å²) in [4.78, 5) is 0. The Morgan fingerprint density at radius 1 is 1.05 bits per heavy atom. The summed E-state index contributed by atoms with van der Waals surface area (Å²) in [6, 6.07) is 9.12. The van der Waals surface area contributed by atoms with Crippen molar-refractivity contribution in [3.05, 3.63) is 63.6 Å². The second kappa shape index (κ2) is 6.12. The number of benzene rings is 2. The molecule has 0 spiro atoms. The van der Waals surface area contributed by atoms with Gasteiger partial charge in [-0.25, -0.2) is 8.78 Å². The third kappa shape index (κ3) is 3.52. The fourth-order valence-electron chi connectivity index (χ4n) is 1.61. The number of ether oxygens (including phenoxy) is 1. The van der Waals surface area contributed by atoms with E-state index in [0.29, 0.717) is 15.8 Å². The molecule has 0 fully saturated rings. The lowest BCUT2D eigenvalue weighted by molar-refractivity contribution is 0.304. The lowest BCUT2D eigenvalue weighted by Crippen LogP contribution is -2.03. The van der Waals surface area contributed by atoms with Gasteiger partial charge in [-0.1, -0.05) is 6.07 Å². The summed E-state index contributed by atoms with van der Waals surface area (Å²) in [6.07, 6.45) is 0. The highest BCUT2D eigenvalue weighted by Crippen LogP contribution is 2.22. The van der Waals surface area contributed by atoms with E-state index in [1.165, 1.54) is 12.1 Å². The average molecular weight is 328 g/mol. The van der Waals surface area contributed by atoms with Gasteiger partial charge in [0.05, 0.1) is 4.47 Å². The smallest absolute Gasteiger partial charge is 0.141 e. The molecule has 0 aliphatic heterocycles. The molecule has 0 heterocycles. The van der Waals surface area contributed by atoms with Crippen molar-refractivity contribution in [3.63, 3.8) is 0 Å². The second-order valence-electron chi connectivity index (χ2n) is 3.99. The van der Waals surface area contributed by atoms with Gasteiger partial charge in [0, 0.05) is 18.2 Å². The molecule has 0 saturated heterocycles. The summed E-state index contributed by atoms with van der Waals surface area (Å²) < 4.78 is 32.4. The number of hydrogen-bond acceptors (Lipinski definition) is 2. The fourth-order valence-corrected chi connectivity index (χ4v) is 1.85. The predicted octanol–water partition coefficient (Wildman–Crippen LogP) is 3.77. The first-order chi connectivity index (χ1) is 9.10. The van der Waals surface area contributed by atoms with E-state index in [0.717, 1.165) is 5.56 Å². The Balaban J connectivity index is 2.07. The maximum absolute atomic E-state index is 13.3. The molecule has 0 radical (unpaired) electrons. The molecule has 0 atom stereocenters. The Kier molecular flexibility index (Phi) is 4.50. The van der Waals surface area contributed by atoms with Crippen molar-refractivity contribution >= 4 is 15.9 Å². The van der Waals surface area contributed by atoms with Crippen molar-refractivity contribution in [2.24, 2.45) is 5.73 Å². The Morgan fingerprint density at radius 2 is 1.84 bits per heavy atom. The van der Waals surface area contributed by atoms with Gasteiger partial charge in [-0.2, -0.15) is 0 Å². The van der Waals surface area contributed by atoms with Crippen LogP contribution in [0.25, 0.3) is 0 Å². The average Bonchev–Trinajstić information content (AvgIpc) is 2.41. The Labute approximate surface area is 118 Å². The van der Waals surface area contributed by atoms with E-state index in [1.807, 2.05) is 0 Å². The fraction of sp³-hybridized carbons (Fsp3) is 0.143. The van der Waals surface area contributed by atoms with E-state index in [-0.39, 0.29) is 24.8 Å². The lowest BCUT2D eigenvalue weighted by atomic mass is 10.1. The predicted molar refractivity (Wildman–Crippen MR) is 72.7 cm³/mol. The van der Waals surface area contributed by atoms with Gasteiger partial charge in [0.25, 0.3) is 0 Å². The van der Waals surface area contributed by atoms with Gasteiger partial charge < -0.3 is 10.5 Å². The molecule has 19 heavy (non-hydrogen) atoms. The van der Waals surface area contributed by atoms with Crippen LogP contribution in [0.5, 0.6) is 5.75 Å². The van der Waals surface area contributed by atoms with Crippen LogP contribution in [-0.4, -0.2) is 0 Å². The highest BCUT2D eigenvalue weighted by atomic mass is 79.9. The molecular formula is C14H12BrF2NO. The van der Waals surface area contributed by atoms with Crippen molar-refractivity contribution in [2.45, 2.75) is 13.2 Å². The van der Waals surface area contributed by atoms with Crippen LogP contribution in [0.4, 0.5) is 8.78 Å². The molecule has 100 valence electrons. The molecule has 5 heteroatoms. The van der Waals surface area contributed by atoms with Gasteiger partial charge in [-0.15, -0.1) is 0 Å². The molecule has 0 amide bonds. The van der Waals surface area contributed by atoms with E-state index in [2.05, 4.69) is 15.9 Å². The van der Waals surface area contributed by atoms with E-state index in [1.54, 1.807) is 24.3 Å². The molecule has 2 aromatic carbocycles. The van der Waals surface area contributed by atoms with Crippen molar-refractivity contribution in [1.82, 2.24) is 0 Å². The monoisotopic (exact) mass is 327 g/mol. The molecule has 2 nitrogen and oxygen atoms in total. The van der Waals surface area contributed by atoms with Crippen LogP contribution < -0.4 is 10.5 Å². The zero-order valence-corrected chi connectivity index (χ0v) is 11.6. The number of halogens is 3. The van der Waals surface area contributed by atoms with Crippen LogP contribution >= 0.6 is 15.9 Å². The maximum Gasteiger partial charge on any atom is 0.141 e.